The van der Waals surface area contributed by atoms with Crippen LogP contribution in [-0.2, 0) is 19.9 Å². The Morgan fingerprint density at radius 2 is 1.95 bits per heavy atom. The Labute approximate surface area is 121 Å². The van der Waals surface area contributed by atoms with Crippen molar-refractivity contribution in [2.24, 2.45) is 5.92 Å². The Hall–Kier alpha value is -2.37. The molecule has 1 aliphatic rings. The Morgan fingerprint density at radius 3 is 2.43 bits per heavy atom. The Kier molecular flexibility index (Phi) is 3.97. The van der Waals surface area contributed by atoms with Crippen LogP contribution in [0.5, 0.6) is 5.75 Å². The molecule has 6 heteroatoms. The number of ether oxygens (including phenoxy) is 1. The normalized spacial score (nSPS) is 23.8. The average molecular weight is 293 g/mol. The third-order valence-electron chi connectivity index (χ3n) is 3.74. The highest BCUT2D eigenvalue weighted by atomic mass is 19.1. The SMILES string of the molecule is C=C(F)C(=O)NC1(c2ccc(O)cc2)CC(C(=O)OC)C1. The number of benzene rings is 1. The average Bonchev–Trinajstić information content (AvgIpc) is 2.42. The van der Waals surface area contributed by atoms with Gasteiger partial charge in [0.1, 0.15) is 5.75 Å². The molecular formula is C15H16FNO4. The van der Waals surface area contributed by atoms with Crippen LogP contribution in [0.15, 0.2) is 36.7 Å². The molecule has 1 amide bonds. The summed E-state index contributed by atoms with van der Waals surface area (Å²) in [4.78, 5) is 23.1. The summed E-state index contributed by atoms with van der Waals surface area (Å²) in [7, 11) is 1.30. The van der Waals surface area contributed by atoms with Gasteiger partial charge in [-0.25, -0.2) is 4.39 Å². The van der Waals surface area contributed by atoms with Crippen molar-refractivity contribution in [1.82, 2.24) is 5.32 Å². The fraction of sp³-hybridized carbons (Fsp3) is 0.333. The Morgan fingerprint density at radius 1 is 1.38 bits per heavy atom. The molecule has 0 atom stereocenters. The third-order valence-corrected chi connectivity index (χ3v) is 3.74. The first kappa shape index (κ1) is 15.0. The lowest BCUT2D eigenvalue weighted by Crippen LogP contribution is -2.56. The molecule has 0 spiro atoms. The molecule has 1 saturated carbocycles. The number of aromatic hydroxyl groups is 1. The highest BCUT2D eigenvalue weighted by Gasteiger charge is 2.50. The van der Waals surface area contributed by atoms with Crippen molar-refractivity contribution < 1.29 is 23.8 Å². The molecule has 0 unspecified atom stereocenters. The molecule has 1 aromatic carbocycles. The monoisotopic (exact) mass is 293 g/mol. The van der Waals surface area contributed by atoms with Crippen molar-refractivity contribution in [2.75, 3.05) is 7.11 Å². The molecular weight excluding hydrogens is 277 g/mol. The van der Waals surface area contributed by atoms with E-state index in [9.17, 15) is 19.1 Å². The van der Waals surface area contributed by atoms with Crippen molar-refractivity contribution in [2.45, 2.75) is 18.4 Å². The maximum absolute atomic E-state index is 12.9. The molecule has 112 valence electrons. The van der Waals surface area contributed by atoms with Gasteiger partial charge in [0.2, 0.25) is 0 Å². The first-order chi connectivity index (χ1) is 9.88. The van der Waals surface area contributed by atoms with E-state index in [0.29, 0.717) is 18.4 Å². The maximum Gasteiger partial charge on any atom is 0.308 e. The largest absolute Gasteiger partial charge is 0.508 e. The summed E-state index contributed by atoms with van der Waals surface area (Å²) in [5, 5.41) is 11.9. The van der Waals surface area contributed by atoms with Crippen LogP contribution in [0.2, 0.25) is 0 Å². The molecule has 1 fully saturated rings. The number of halogens is 1. The molecule has 0 aromatic heterocycles. The lowest BCUT2D eigenvalue weighted by atomic mass is 9.64. The lowest BCUT2D eigenvalue weighted by Gasteiger charge is -2.47. The van der Waals surface area contributed by atoms with Gasteiger partial charge in [0.05, 0.1) is 18.6 Å². The highest BCUT2D eigenvalue weighted by Crippen LogP contribution is 2.46. The van der Waals surface area contributed by atoms with Gasteiger partial charge in [-0.3, -0.25) is 9.59 Å². The second-order valence-electron chi connectivity index (χ2n) is 5.12. The summed E-state index contributed by atoms with van der Waals surface area (Å²) in [6, 6.07) is 6.20. The fourth-order valence-corrected chi connectivity index (χ4v) is 2.59. The van der Waals surface area contributed by atoms with Crippen LogP contribution >= 0.6 is 0 Å². The Bertz CT molecular complexity index is 576. The summed E-state index contributed by atoms with van der Waals surface area (Å²) in [5.41, 5.74) is -0.159. The number of methoxy groups -OCH3 is 1. The topological polar surface area (TPSA) is 75.6 Å². The van der Waals surface area contributed by atoms with Crippen LogP contribution in [0.25, 0.3) is 0 Å². The quantitative estimate of drug-likeness (QED) is 0.655. The smallest absolute Gasteiger partial charge is 0.308 e. The second kappa shape index (κ2) is 5.55. The number of esters is 1. The molecule has 1 aromatic rings. The number of carbonyl (C=O) groups is 2. The molecule has 0 heterocycles. The molecule has 1 aliphatic carbocycles. The first-order valence-corrected chi connectivity index (χ1v) is 6.42. The van der Waals surface area contributed by atoms with Gasteiger partial charge in [0.25, 0.3) is 5.91 Å². The van der Waals surface area contributed by atoms with E-state index in [2.05, 4.69) is 16.6 Å². The number of carbonyl (C=O) groups excluding carboxylic acids is 2. The zero-order chi connectivity index (χ0) is 15.6. The van der Waals surface area contributed by atoms with Crippen molar-refractivity contribution >= 4 is 11.9 Å². The standard InChI is InChI=1S/C15H16FNO4/c1-9(16)13(19)17-15(7-10(8-15)14(20)21-2)11-3-5-12(18)6-4-11/h3-6,10,18H,1,7-8H2,2H3,(H,17,19). The van der Waals surface area contributed by atoms with E-state index in [-0.39, 0.29) is 17.6 Å². The highest BCUT2D eigenvalue weighted by molar-refractivity contribution is 5.91. The van der Waals surface area contributed by atoms with Crippen LogP contribution in [0.4, 0.5) is 4.39 Å². The van der Waals surface area contributed by atoms with E-state index in [1.807, 2.05) is 0 Å². The van der Waals surface area contributed by atoms with Crippen LogP contribution in [0.1, 0.15) is 18.4 Å². The molecule has 5 nitrogen and oxygen atoms in total. The number of nitrogens with one attached hydrogen (secondary N) is 1. The van der Waals surface area contributed by atoms with Crippen LogP contribution in [0.3, 0.4) is 0 Å². The van der Waals surface area contributed by atoms with Gasteiger partial charge in [-0.15, -0.1) is 0 Å². The zero-order valence-electron chi connectivity index (χ0n) is 11.6. The van der Waals surface area contributed by atoms with Gasteiger partial charge in [-0.1, -0.05) is 18.7 Å². The maximum atomic E-state index is 12.9. The summed E-state index contributed by atoms with van der Waals surface area (Å²) < 4.78 is 17.6. The summed E-state index contributed by atoms with van der Waals surface area (Å²) in [5.74, 6) is -2.63. The number of phenolic OH excluding ortho intramolecular Hbond substituents is 1. The number of phenols is 1. The van der Waals surface area contributed by atoms with Gasteiger partial charge in [-0.05, 0) is 30.5 Å². The molecule has 2 N–H and O–H groups in total. The van der Waals surface area contributed by atoms with E-state index in [0.717, 1.165) is 0 Å². The third kappa shape index (κ3) is 2.89. The minimum Gasteiger partial charge on any atom is -0.508 e. The van der Waals surface area contributed by atoms with Gasteiger partial charge < -0.3 is 15.2 Å². The van der Waals surface area contributed by atoms with Crippen LogP contribution < -0.4 is 5.32 Å². The van der Waals surface area contributed by atoms with Gasteiger partial charge in [-0.2, -0.15) is 0 Å². The van der Waals surface area contributed by atoms with Gasteiger partial charge in [0.15, 0.2) is 5.83 Å². The summed E-state index contributed by atoms with van der Waals surface area (Å²) >= 11 is 0. The number of amides is 1. The molecule has 0 bridgehead atoms. The van der Waals surface area contributed by atoms with E-state index in [1.165, 1.54) is 19.2 Å². The summed E-state index contributed by atoms with van der Waals surface area (Å²) in [6.45, 7) is 2.97. The van der Waals surface area contributed by atoms with Crippen LogP contribution in [-0.4, -0.2) is 24.1 Å². The number of hydrogen-bond acceptors (Lipinski definition) is 4. The van der Waals surface area contributed by atoms with E-state index in [1.54, 1.807) is 12.1 Å². The fourth-order valence-electron chi connectivity index (χ4n) is 2.59. The first-order valence-electron chi connectivity index (χ1n) is 6.42. The number of hydrogen-bond donors (Lipinski definition) is 2. The zero-order valence-corrected chi connectivity index (χ0v) is 11.6. The molecule has 2 rings (SSSR count). The van der Waals surface area contributed by atoms with Crippen molar-refractivity contribution in [1.29, 1.82) is 0 Å². The van der Waals surface area contributed by atoms with Gasteiger partial charge >= 0.3 is 5.97 Å². The molecule has 0 aliphatic heterocycles. The van der Waals surface area contributed by atoms with E-state index in [4.69, 9.17) is 0 Å². The number of rotatable bonds is 4. The second-order valence-corrected chi connectivity index (χ2v) is 5.12. The molecule has 21 heavy (non-hydrogen) atoms. The summed E-state index contributed by atoms with van der Waals surface area (Å²) in [6.07, 6.45) is 0.618. The predicted octanol–water partition coefficient (Wildman–Crippen LogP) is 1.77. The minimum absolute atomic E-state index is 0.0824. The van der Waals surface area contributed by atoms with Crippen molar-refractivity contribution in [3.63, 3.8) is 0 Å². The van der Waals surface area contributed by atoms with E-state index >= 15 is 0 Å². The van der Waals surface area contributed by atoms with E-state index < -0.39 is 17.3 Å². The van der Waals surface area contributed by atoms with Crippen molar-refractivity contribution in [3.05, 3.63) is 42.2 Å². The molecule has 0 radical (unpaired) electrons. The van der Waals surface area contributed by atoms with Crippen molar-refractivity contribution in [3.8, 4) is 5.75 Å². The molecule has 0 saturated heterocycles. The predicted molar refractivity (Wildman–Crippen MR) is 72.9 cm³/mol. The van der Waals surface area contributed by atoms with Crippen LogP contribution in [0, 0.1) is 5.92 Å². The Balaban J connectivity index is 2.24. The van der Waals surface area contributed by atoms with Gasteiger partial charge in [0, 0.05) is 0 Å². The lowest BCUT2D eigenvalue weighted by molar-refractivity contribution is -0.153. The minimum atomic E-state index is -1.09.